The number of carbonyl (C=O) groups excluding carboxylic acids is 2. The lowest BCUT2D eigenvalue weighted by atomic mass is 9.94. The largest absolute Gasteiger partial charge is 0.463 e. The van der Waals surface area contributed by atoms with E-state index in [1.807, 2.05) is 11.8 Å². The zero-order chi connectivity index (χ0) is 27.4. The second-order valence-corrected chi connectivity index (χ2v) is 11.7. The van der Waals surface area contributed by atoms with Crippen LogP contribution in [0.2, 0.25) is 10.0 Å². The molecular weight excluding hydrogens is 551 g/mol. The standard InChI is InChI=1S/C26H30Cl2N4O5S/c1-3-32-22(17-30-13-15-31(16-14-30)38(35,36)21-11-9-20(28)10-12-21)23(25(33)37-4-2)24(29-26(32)34)18-5-7-19(27)8-6-18/h5-12,24H,3-4,13-17H2,1-2H3,(H,29,34). The van der Waals surface area contributed by atoms with E-state index in [1.54, 1.807) is 43.3 Å². The van der Waals surface area contributed by atoms with Gasteiger partial charge in [-0.2, -0.15) is 4.31 Å². The molecule has 38 heavy (non-hydrogen) atoms. The number of benzene rings is 2. The Labute approximate surface area is 233 Å². The number of piperazine rings is 1. The van der Waals surface area contributed by atoms with Crippen LogP contribution < -0.4 is 5.32 Å². The lowest BCUT2D eigenvalue weighted by molar-refractivity contribution is -0.139. The Kier molecular flexibility index (Phi) is 9.00. The smallest absolute Gasteiger partial charge is 0.338 e. The fourth-order valence-corrected chi connectivity index (χ4v) is 6.33. The van der Waals surface area contributed by atoms with Crippen LogP contribution in [0.15, 0.2) is 64.7 Å². The minimum Gasteiger partial charge on any atom is -0.463 e. The first kappa shape index (κ1) is 28.4. The Balaban J connectivity index is 1.61. The van der Waals surface area contributed by atoms with Crippen LogP contribution in [0.4, 0.5) is 4.79 Å². The third-order valence-corrected chi connectivity index (χ3v) is 9.03. The summed E-state index contributed by atoms with van der Waals surface area (Å²) in [4.78, 5) is 30.1. The zero-order valence-electron chi connectivity index (χ0n) is 21.2. The first-order valence-electron chi connectivity index (χ1n) is 12.4. The number of nitrogens with zero attached hydrogens (tertiary/aromatic N) is 3. The normalized spacial score (nSPS) is 19.4. The fourth-order valence-electron chi connectivity index (χ4n) is 4.66. The molecule has 1 N–H and O–H groups in total. The summed E-state index contributed by atoms with van der Waals surface area (Å²) >= 11 is 12.0. The minimum absolute atomic E-state index is 0.185. The SMILES string of the molecule is CCOC(=O)C1=C(CN2CCN(S(=O)(=O)c3ccc(Cl)cc3)CC2)N(CC)C(=O)NC1c1ccc(Cl)cc1. The van der Waals surface area contributed by atoms with Crippen molar-refractivity contribution in [3.8, 4) is 0 Å². The van der Waals surface area contributed by atoms with Gasteiger partial charge in [-0.15, -0.1) is 0 Å². The molecule has 12 heteroatoms. The van der Waals surface area contributed by atoms with Crippen LogP contribution in [0.5, 0.6) is 0 Å². The Morgan fingerprint density at radius 2 is 1.55 bits per heavy atom. The lowest BCUT2D eigenvalue weighted by Crippen LogP contribution is -2.53. The van der Waals surface area contributed by atoms with E-state index in [9.17, 15) is 18.0 Å². The number of hydrogen-bond acceptors (Lipinski definition) is 6. The number of rotatable bonds is 8. The summed E-state index contributed by atoms with van der Waals surface area (Å²) in [5, 5.41) is 3.94. The highest BCUT2D eigenvalue weighted by Crippen LogP contribution is 2.33. The first-order valence-corrected chi connectivity index (χ1v) is 14.6. The van der Waals surface area contributed by atoms with Crippen molar-refractivity contribution in [2.75, 3.05) is 45.9 Å². The van der Waals surface area contributed by atoms with Crippen molar-refractivity contribution in [1.29, 1.82) is 0 Å². The van der Waals surface area contributed by atoms with Crippen LogP contribution in [0.3, 0.4) is 0 Å². The van der Waals surface area contributed by atoms with Crippen molar-refractivity contribution < 1.29 is 22.7 Å². The van der Waals surface area contributed by atoms with Gasteiger partial charge in [-0.3, -0.25) is 9.80 Å². The van der Waals surface area contributed by atoms with Crippen LogP contribution in [0.25, 0.3) is 0 Å². The van der Waals surface area contributed by atoms with Gasteiger partial charge >= 0.3 is 12.0 Å². The molecule has 0 saturated carbocycles. The van der Waals surface area contributed by atoms with E-state index in [4.69, 9.17) is 27.9 Å². The second kappa shape index (κ2) is 12.0. The van der Waals surface area contributed by atoms with Crippen molar-refractivity contribution in [3.63, 3.8) is 0 Å². The number of esters is 1. The van der Waals surface area contributed by atoms with E-state index in [1.165, 1.54) is 21.3 Å². The Hall–Kier alpha value is -2.63. The molecule has 0 aliphatic carbocycles. The number of halogens is 2. The molecule has 1 fully saturated rings. The van der Waals surface area contributed by atoms with Crippen molar-refractivity contribution in [3.05, 3.63) is 75.4 Å². The van der Waals surface area contributed by atoms with Crippen molar-refractivity contribution in [2.45, 2.75) is 24.8 Å². The molecule has 2 aromatic carbocycles. The highest BCUT2D eigenvalue weighted by atomic mass is 35.5. The molecule has 2 heterocycles. The Morgan fingerprint density at radius 1 is 0.974 bits per heavy atom. The molecule has 2 amide bonds. The third kappa shape index (κ3) is 6.00. The van der Waals surface area contributed by atoms with E-state index >= 15 is 0 Å². The number of likely N-dealkylation sites (N-methyl/N-ethyl adjacent to an activating group) is 1. The number of sulfonamides is 1. The number of ether oxygens (including phenoxy) is 1. The quantitative estimate of drug-likeness (QED) is 0.475. The number of carbonyl (C=O) groups is 2. The van der Waals surface area contributed by atoms with Gasteiger partial charge in [0.25, 0.3) is 0 Å². The maximum Gasteiger partial charge on any atom is 0.338 e. The van der Waals surface area contributed by atoms with Crippen molar-refractivity contribution in [1.82, 2.24) is 19.4 Å². The van der Waals surface area contributed by atoms with Gasteiger partial charge in [-0.05, 0) is 55.8 Å². The number of urea groups is 1. The molecule has 2 aromatic rings. The first-order chi connectivity index (χ1) is 18.1. The van der Waals surface area contributed by atoms with Gasteiger partial charge in [0, 0.05) is 55.0 Å². The molecule has 1 unspecified atom stereocenters. The third-order valence-electron chi connectivity index (χ3n) is 6.61. The fraction of sp³-hybridized carbons (Fsp3) is 0.385. The molecule has 4 rings (SSSR count). The molecular formula is C26H30Cl2N4O5S. The van der Waals surface area contributed by atoms with E-state index in [2.05, 4.69) is 5.32 Å². The summed E-state index contributed by atoms with van der Waals surface area (Å²) in [6.07, 6.45) is 0. The molecule has 0 radical (unpaired) electrons. The lowest BCUT2D eigenvalue weighted by Gasteiger charge is -2.40. The molecule has 0 bridgehead atoms. The van der Waals surface area contributed by atoms with E-state index in [0.717, 1.165) is 0 Å². The van der Waals surface area contributed by atoms with Crippen molar-refractivity contribution >= 4 is 45.2 Å². The van der Waals surface area contributed by atoms with Crippen LogP contribution in [-0.4, -0.2) is 80.4 Å². The van der Waals surface area contributed by atoms with Gasteiger partial charge in [0.05, 0.1) is 23.1 Å². The minimum atomic E-state index is -3.66. The van der Waals surface area contributed by atoms with Gasteiger partial charge in [-0.25, -0.2) is 18.0 Å². The summed E-state index contributed by atoms with van der Waals surface area (Å²) in [6.45, 7) is 5.78. The molecule has 0 spiro atoms. The second-order valence-electron chi connectivity index (χ2n) is 8.89. The van der Waals surface area contributed by atoms with Crippen LogP contribution in [-0.2, 0) is 19.6 Å². The van der Waals surface area contributed by atoms with Gasteiger partial charge in [-0.1, -0.05) is 35.3 Å². The Morgan fingerprint density at radius 3 is 2.11 bits per heavy atom. The van der Waals surface area contributed by atoms with Gasteiger partial charge in [0.1, 0.15) is 0 Å². The topological polar surface area (TPSA) is 99.3 Å². The summed E-state index contributed by atoms with van der Waals surface area (Å²) in [7, 11) is -3.66. The molecule has 204 valence electrons. The monoisotopic (exact) mass is 580 g/mol. The number of hydrogen-bond donors (Lipinski definition) is 1. The number of nitrogens with one attached hydrogen (secondary N) is 1. The van der Waals surface area contributed by atoms with Gasteiger partial charge in [0.15, 0.2) is 0 Å². The number of amides is 2. The summed E-state index contributed by atoms with van der Waals surface area (Å²) in [5.41, 5.74) is 1.61. The highest BCUT2D eigenvalue weighted by molar-refractivity contribution is 7.89. The molecule has 2 aliphatic heterocycles. The molecule has 1 saturated heterocycles. The van der Waals surface area contributed by atoms with Crippen LogP contribution in [0.1, 0.15) is 25.5 Å². The zero-order valence-corrected chi connectivity index (χ0v) is 23.5. The predicted molar refractivity (Wildman–Crippen MR) is 145 cm³/mol. The highest BCUT2D eigenvalue weighted by Gasteiger charge is 2.39. The van der Waals surface area contributed by atoms with E-state index < -0.39 is 22.0 Å². The maximum absolute atomic E-state index is 13.2. The van der Waals surface area contributed by atoms with Gasteiger partial charge < -0.3 is 10.1 Å². The average Bonchev–Trinajstić information content (AvgIpc) is 2.89. The molecule has 2 aliphatic rings. The summed E-state index contributed by atoms with van der Waals surface area (Å²) in [6, 6.07) is 12.0. The van der Waals surface area contributed by atoms with Crippen LogP contribution >= 0.6 is 23.2 Å². The molecule has 9 nitrogen and oxygen atoms in total. The summed E-state index contributed by atoms with van der Waals surface area (Å²) < 4.78 is 33.0. The molecule has 1 atom stereocenters. The maximum atomic E-state index is 13.2. The van der Waals surface area contributed by atoms with E-state index in [-0.39, 0.29) is 37.2 Å². The van der Waals surface area contributed by atoms with Crippen LogP contribution in [0, 0.1) is 0 Å². The van der Waals surface area contributed by atoms with E-state index in [0.29, 0.717) is 46.5 Å². The Bertz CT molecular complexity index is 1310. The molecule has 0 aromatic heterocycles. The van der Waals surface area contributed by atoms with Crippen molar-refractivity contribution in [2.24, 2.45) is 0 Å². The average molecular weight is 582 g/mol. The van der Waals surface area contributed by atoms with Gasteiger partial charge in [0.2, 0.25) is 10.0 Å². The predicted octanol–water partition coefficient (Wildman–Crippen LogP) is 3.90. The summed E-state index contributed by atoms with van der Waals surface area (Å²) in [5.74, 6) is -0.509.